The van der Waals surface area contributed by atoms with Gasteiger partial charge in [-0.3, -0.25) is 5.10 Å². The SMILES string of the molecule is CC1(C)CCc2c(-c3cnc4c(cnn4Cc4cccc(S(C)(=O)=O)c4)c3)n[nH]c2C1. The number of H-pyrrole nitrogens is 1. The van der Waals surface area contributed by atoms with Crippen molar-refractivity contribution in [3.63, 3.8) is 0 Å². The Labute approximate surface area is 181 Å². The first-order chi connectivity index (χ1) is 14.7. The molecule has 0 aliphatic heterocycles. The molecule has 7 nitrogen and oxygen atoms in total. The molecule has 1 aliphatic rings. The molecule has 0 saturated carbocycles. The van der Waals surface area contributed by atoms with E-state index in [1.165, 1.54) is 17.5 Å². The molecular weight excluding hydrogens is 410 g/mol. The third kappa shape index (κ3) is 3.76. The topological polar surface area (TPSA) is 93.5 Å². The number of aromatic amines is 1. The van der Waals surface area contributed by atoms with Crippen LogP contribution in [0.4, 0.5) is 0 Å². The predicted molar refractivity (Wildman–Crippen MR) is 120 cm³/mol. The predicted octanol–water partition coefficient (Wildman–Crippen LogP) is 3.79. The van der Waals surface area contributed by atoms with E-state index in [1.54, 1.807) is 29.1 Å². The first-order valence-corrected chi connectivity index (χ1v) is 12.3. The van der Waals surface area contributed by atoms with Crippen LogP contribution in [-0.4, -0.2) is 39.6 Å². The van der Waals surface area contributed by atoms with Gasteiger partial charge in [-0.15, -0.1) is 0 Å². The highest BCUT2D eigenvalue weighted by Gasteiger charge is 2.29. The Hall–Kier alpha value is -3.00. The fraction of sp³-hybridized carbons (Fsp3) is 0.348. The number of rotatable bonds is 4. The van der Waals surface area contributed by atoms with Crippen molar-refractivity contribution >= 4 is 20.9 Å². The second-order valence-electron chi connectivity index (χ2n) is 9.23. The summed E-state index contributed by atoms with van der Waals surface area (Å²) in [6, 6.07) is 9.03. The zero-order valence-corrected chi connectivity index (χ0v) is 18.7. The van der Waals surface area contributed by atoms with Gasteiger partial charge in [0.05, 0.1) is 23.3 Å². The maximum absolute atomic E-state index is 11.8. The third-order valence-corrected chi connectivity index (χ3v) is 7.18. The van der Waals surface area contributed by atoms with Crippen LogP contribution in [0, 0.1) is 5.41 Å². The van der Waals surface area contributed by atoms with Gasteiger partial charge in [-0.25, -0.2) is 18.1 Å². The van der Waals surface area contributed by atoms with Gasteiger partial charge in [-0.1, -0.05) is 26.0 Å². The summed E-state index contributed by atoms with van der Waals surface area (Å²) in [4.78, 5) is 4.98. The number of pyridine rings is 1. The number of sulfone groups is 1. The Morgan fingerprint density at radius 3 is 2.84 bits per heavy atom. The van der Waals surface area contributed by atoms with Crippen molar-refractivity contribution in [1.29, 1.82) is 0 Å². The van der Waals surface area contributed by atoms with Crippen molar-refractivity contribution in [2.24, 2.45) is 5.41 Å². The van der Waals surface area contributed by atoms with Crippen molar-refractivity contribution in [2.45, 2.75) is 44.6 Å². The van der Waals surface area contributed by atoms with Crippen LogP contribution in [0.2, 0.25) is 0 Å². The Balaban J connectivity index is 1.46. The standard InChI is InChI=1S/C23H25N5O2S/c1-23(2)8-7-19-20(11-23)26-27-21(19)16-10-17-13-25-28(22(17)24-12-16)14-15-5-4-6-18(9-15)31(3,29)30/h4-6,9-10,12-13H,7-8,11,14H2,1-3H3,(H,26,27). The second-order valence-corrected chi connectivity index (χ2v) is 11.2. The van der Waals surface area contributed by atoms with E-state index in [-0.39, 0.29) is 0 Å². The summed E-state index contributed by atoms with van der Waals surface area (Å²) in [6.07, 6.45) is 8.04. The smallest absolute Gasteiger partial charge is 0.175 e. The number of hydrogen-bond donors (Lipinski definition) is 1. The molecule has 0 saturated heterocycles. The maximum Gasteiger partial charge on any atom is 0.175 e. The molecule has 1 N–H and O–H groups in total. The first kappa shape index (κ1) is 19.9. The van der Waals surface area contributed by atoms with E-state index in [2.05, 4.69) is 40.2 Å². The highest BCUT2D eigenvalue weighted by molar-refractivity contribution is 7.90. The Kier molecular flexibility index (Phi) is 4.51. The molecule has 0 spiro atoms. The molecule has 1 aromatic carbocycles. The minimum Gasteiger partial charge on any atom is -0.282 e. The number of benzene rings is 1. The van der Waals surface area contributed by atoms with E-state index in [9.17, 15) is 8.42 Å². The minimum absolute atomic E-state index is 0.300. The van der Waals surface area contributed by atoms with Gasteiger partial charge in [0.15, 0.2) is 15.5 Å². The highest BCUT2D eigenvalue weighted by atomic mass is 32.2. The average Bonchev–Trinajstić information content (AvgIpc) is 3.30. The van der Waals surface area contributed by atoms with Gasteiger partial charge in [-0.05, 0) is 48.4 Å². The molecule has 5 rings (SSSR count). The molecule has 0 radical (unpaired) electrons. The van der Waals surface area contributed by atoms with Crippen molar-refractivity contribution in [3.8, 4) is 11.3 Å². The molecule has 160 valence electrons. The van der Waals surface area contributed by atoms with Gasteiger partial charge < -0.3 is 0 Å². The summed E-state index contributed by atoms with van der Waals surface area (Å²) >= 11 is 0. The van der Waals surface area contributed by atoms with E-state index >= 15 is 0 Å². The molecule has 3 aromatic heterocycles. The van der Waals surface area contributed by atoms with Crippen LogP contribution in [0.1, 0.15) is 37.1 Å². The molecule has 1 aliphatic carbocycles. The molecule has 0 amide bonds. The van der Waals surface area contributed by atoms with Crippen LogP contribution in [0.15, 0.2) is 47.6 Å². The van der Waals surface area contributed by atoms with E-state index in [1.807, 2.05) is 12.3 Å². The molecule has 3 heterocycles. The molecule has 31 heavy (non-hydrogen) atoms. The molecule has 8 heteroatoms. The van der Waals surface area contributed by atoms with Crippen LogP contribution in [-0.2, 0) is 29.2 Å². The zero-order chi connectivity index (χ0) is 21.8. The lowest BCUT2D eigenvalue weighted by molar-refractivity contribution is 0.312. The Morgan fingerprint density at radius 1 is 1.19 bits per heavy atom. The number of aromatic nitrogens is 5. The highest BCUT2D eigenvalue weighted by Crippen LogP contribution is 2.38. The molecule has 0 fully saturated rings. The minimum atomic E-state index is -3.25. The zero-order valence-electron chi connectivity index (χ0n) is 17.9. The van der Waals surface area contributed by atoms with Crippen molar-refractivity contribution in [1.82, 2.24) is 25.0 Å². The van der Waals surface area contributed by atoms with Crippen molar-refractivity contribution in [3.05, 3.63) is 59.5 Å². The number of hydrogen-bond acceptors (Lipinski definition) is 5. The van der Waals surface area contributed by atoms with E-state index in [4.69, 9.17) is 0 Å². The van der Waals surface area contributed by atoms with Crippen LogP contribution in [0.5, 0.6) is 0 Å². The van der Waals surface area contributed by atoms with Gasteiger partial charge in [-0.2, -0.15) is 10.2 Å². The normalized spacial score (nSPS) is 15.8. The number of nitrogens with zero attached hydrogens (tertiary/aromatic N) is 4. The number of fused-ring (bicyclic) bond motifs is 2. The lowest BCUT2D eigenvalue weighted by Crippen LogP contribution is -2.21. The van der Waals surface area contributed by atoms with Crippen LogP contribution >= 0.6 is 0 Å². The van der Waals surface area contributed by atoms with Gasteiger partial charge in [0.2, 0.25) is 0 Å². The van der Waals surface area contributed by atoms with Crippen molar-refractivity contribution < 1.29 is 8.42 Å². The van der Waals surface area contributed by atoms with Gasteiger partial charge in [0.1, 0.15) is 0 Å². The van der Waals surface area contributed by atoms with Gasteiger partial charge in [0, 0.05) is 34.7 Å². The lowest BCUT2D eigenvalue weighted by Gasteiger charge is -2.29. The molecule has 0 bridgehead atoms. The summed E-state index contributed by atoms with van der Waals surface area (Å²) in [7, 11) is -3.25. The summed E-state index contributed by atoms with van der Waals surface area (Å²) in [6.45, 7) is 5.04. The third-order valence-electron chi connectivity index (χ3n) is 6.07. The quantitative estimate of drug-likeness (QED) is 0.526. The first-order valence-electron chi connectivity index (χ1n) is 10.4. The monoisotopic (exact) mass is 435 g/mol. The summed E-state index contributed by atoms with van der Waals surface area (Å²) in [5, 5.41) is 13.3. The molecular formula is C23H25N5O2S. The Morgan fingerprint density at radius 2 is 2.03 bits per heavy atom. The van der Waals surface area contributed by atoms with E-state index < -0.39 is 9.84 Å². The van der Waals surface area contributed by atoms with Gasteiger partial charge >= 0.3 is 0 Å². The molecule has 0 atom stereocenters. The summed E-state index contributed by atoms with van der Waals surface area (Å²) in [5.74, 6) is 0. The lowest BCUT2D eigenvalue weighted by atomic mass is 9.76. The van der Waals surface area contributed by atoms with Crippen LogP contribution in [0.3, 0.4) is 0 Å². The second kappa shape index (κ2) is 7.02. The van der Waals surface area contributed by atoms with E-state index in [0.29, 0.717) is 16.9 Å². The Bertz CT molecular complexity index is 1400. The molecule has 4 aromatic rings. The largest absolute Gasteiger partial charge is 0.282 e. The van der Waals surface area contributed by atoms with E-state index in [0.717, 1.165) is 47.1 Å². The fourth-order valence-corrected chi connectivity index (χ4v) is 5.04. The van der Waals surface area contributed by atoms with Crippen LogP contribution in [0.25, 0.3) is 22.3 Å². The maximum atomic E-state index is 11.8. The molecule has 0 unspecified atom stereocenters. The van der Waals surface area contributed by atoms with Crippen molar-refractivity contribution in [2.75, 3.05) is 6.26 Å². The fourth-order valence-electron chi connectivity index (χ4n) is 4.35. The summed E-state index contributed by atoms with van der Waals surface area (Å²) < 4.78 is 25.5. The summed E-state index contributed by atoms with van der Waals surface area (Å²) in [5.41, 5.74) is 6.42. The van der Waals surface area contributed by atoms with Gasteiger partial charge in [0.25, 0.3) is 0 Å². The average molecular weight is 436 g/mol. The number of nitrogens with one attached hydrogen (secondary N) is 1. The van der Waals surface area contributed by atoms with Crippen LogP contribution < -0.4 is 0 Å².